The van der Waals surface area contributed by atoms with Crippen LogP contribution in [0.25, 0.3) is 0 Å². The quantitative estimate of drug-likeness (QED) is 0.605. The average Bonchev–Trinajstić information content (AvgIpc) is 2.35. The molecule has 2 atom stereocenters. The summed E-state index contributed by atoms with van der Waals surface area (Å²) in [4.78, 5) is 11.1. The fourth-order valence-corrected chi connectivity index (χ4v) is 4.78. The average molecular weight is 219 g/mol. The molecule has 6 heteroatoms. The van der Waals surface area contributed by atoms with E-state index in [2.05, 4.69) is 5.32 Å². The van der Waals surface area contributed by atoms with E-state index in [0.717, 1.165) is 13.0 Å². The minimum atomic E-state index is -3.18. The highest BCUT2D eigenvalue weighted by atomic mass is 32.2. The molecule has 0 aliphatic carbocycles. The van der Waals surface area contributed by atoms with Crippen molar-refractivity contribution in [2.24, 2.45) is 5.41 Å². The minimum absolute atomic E-state index is 0.0285. The molecule has 2 aliphatic rings. The third kappa shape index (κ3) is 1.33. The Morgan fingerprint density at radius 2 is 2.21 bits per heavy atom. The van der Waals surface area contributed by atoms with Gasteiger partial charge in [0, 0.05) is 6.04 Å². The zero-order valence-electron chi connectivity index (χ0n) is 7.69. The van der Waals surface area contributed by atoms with Crippen molar-refractivity contribution in [1.82, 2.24) is 5.32 Å². The number of rotatable bonds is 1. The van der Waals surface area contributed by atoms with Gasteiger partial charge in [-0.25, -0.2) is 8.42 Å². The van der Waals surface area contributed by atoms with Crippen LogP contribution in [0.15, 0.2) is 0 Å². The van der Waals surface area contributed by atoms with Crippen molar-refractivity contribution in [2.75, 3.05) is 18.1 Å². The molecule has 2 rings (SSSR count). The molecule has 0 saturated carbocycles. The van der Waals surface area contributed by atoms with E-state index in [1.165, 1.54) is 0 Å². The van der Waals surface area contributed by atoms with Crippen molar-refractivity contribution in [3.8, 4) is 0 Å². The number of hydrogen-bond acceptors (Lipinski definition) is 4. The second-order valence-corrected chi connectivity index (χ2v) is 6.24. The Balaban J connectivity index is 2.39. The summed E-state index contributed by atoms with van der Waals surface area (Å²) in [6.45, 7) is 0.717. The summed E-state index contributed by atoms with van der Waals surface area (Å²) in [6.07, 6.45) is 1.21. The largest absolute Gasteiger partial charge is 0.481 e. The second kappa shape index (κ2) is 2.93. The number of carbonyl (C=O) groups is 1. The fourth-order valence-electron chi connectivity index (χ4n) is 2.46. The zero-order chi connectivity index (χ0) is 10.4. The molecule has 2 unspecified atom stereocenters. The first-order chi connectivity index (χ1) is 6.46. The van der Waals surface area contributed by atoms with Crippen LogP contribution >= 0.6 is 0 Å². The van der Waals surface area contributed by atoms with Gasteiger partial charge in [-0.3, -0.25) is 4.79 Å². The second-order valence-electron chi connectivity index (χ2n) is 4.13. The molecule has 80 valence electrons. The Labute approximate surface area is 82.4 Å². The van der Waals surface area contributed by atoms with Gasteiger partial charge < -0.3 is 10.4 Å². The number of nitrogens with one attached hydrogen (secondary N) is 1. The van der Waals surface area contributed by atoms with Crippen LogP contribution in [0.2, 0.25) is 0 Å². The third-order valence-corrected chi connectivity index (χ3v) is 4.98. The third-order valence-electron chi connectivity index (χ3n) is 3.18. The number of carboxylic acids is 1. The molecule has 0 aromatic heterocycles. The molecule has 2 heterocycles. The highest BCUT2D eigenvalue weighted by Gasteiger charge is 2.56. The monoisotopic (exact) mass is 219 g/mol. The van der Waals surface area contributed by atoms with Crippen LogP contribution in [-0.2, 0) is 14.6 Å². The molecule has 0 aromatic carbocycles. The molecule has 0 amide bonds. The van der Waals surface area contributed by atoms with Gasteiger partial charge in [-0.15, -0.1) is 0 Å². The highest BCUT2D eigenvalue weighted by Crippen LogP contribution is 2.39. The summed E-state index contributed by atoms with van der Waals surface area (Å²) >= 11 is 0. The zero-order valence-corrected chi connectivity index (χ0v) is 8.51. The van der Waals surface area contributed by atoms with Crippen molar-refractivity contribution in [2.45, 2.75) is 18.9 Å². The molecular weight excluding hydrogens is 206 g/mol. The summed E-state index contributed by atoms with van der Waals surface area (Å²) < 4.78 is 22.8. The first kappa shape index (κ1) is 9.92. The molecule has 2 saturated heterocycles. The Kier molecular flexibility index (Phi) is 2.08. The Bertz CT molecular complexity index is 364. The van der Waals surface area contributed by atoms with E-state index in [1.807, 2.05) is 0 Å². The molecule has 14 heavy (non-hydrogen) atoms. The van der Waals surface area contributed by atoms with Gasteiger partial charge in [0.05, 0.1) is 16.9 Å². The normalized spacial score (nSPS) is 40.4. The number of sulfone groups is 1. The number of carboxylic acid groups (broad SMARTS) is 1. The molecule has 0 aromatic rings. The number of fused-ring (bicyclic) bond motifs is 1. The van der Waals surface area contributed by atoms with E-state index in [0.29, 0.717) is 6.42 Å². The van der Waals surface area contributed by atoms with Gasteiger partial charge in [-0.2, -0.15) is 0 Å². The van der Waals surface area contributed by atoms with Crippen LogP contribution in [0.5, 0.6) is 0 Å². The summed E-state index contributed by atoms with van der Waals surface area (Å²) in [7, 11) is -3.18. The molecule has 2 N–H and O–H groups in total. The summed E-state index contributed by atoms with van der Waals surface area (Å²) in [6, 6.07) is -0.390. The van der Waals surface area contributed by atoms with Crippen LogP contribution in [0.4, 0.5) is 0 Å². The Morgan fingerprint density at radius 1 is 1.50 bits per heavy atom. The molecule has 0 radical (unpaired) electrons. The van der Waals surface area contributed by atoms with E-state index < -0.39 is 27.3 Å². The minimum Gasteiger partial charge on any atom is -0.481 e. The molecule has 2 fully saturated rings. The number of aliphatic carboxylic acids is 1. The lowest BCUT2D eigenvalue weighted by atomic mass is 9.76. The Hall–Kier alpha value is -0.620. The summed E-state index contributed by atoms with van der Waals surface area (Å²) in [5.41, 5.74) is -1.06. The van der Waals surface area contributed by atoms with Gasteiger partial charge in [-0.05, 0) is 19.4 Å². The maximum absolute atomic E-state index is 11.4. The van der Waals surface area contributed by atoms with Crippen LogP contribution in [0, 0.1) is 5.41 Å². The standard InChI is InChI=1S/C8H13NO4S/c10-7(11)8-2-1-3-9-6(8)4-14(12,13)5-8/h6,9H,1-5H2,(H,10,11). The highest BCUT2D eigenvalue weighted by molar-refractivity contribution is 7.91. The van der Waals surface area contributed by atoms with E-state index in [-0.39, 0.29) is 11.5 Å². The van der Waals surface area contributed by atoms with Crippen LogP contribution in [-0.4, -0.2) is 43.6 Å². The molecule has 0 bridgehead atoms. The van der Waals surface area contributed by atoms with Crippen LogP contribution in [0.1, 0.15) is 12.8 Å². The van der Waals surface area contributed by atoms with Crippen molar-refractivity contribution in [3.63, 3.8) is 0 Å². The van der Waals surface area contributed by atoms with E-state index in [4.69, 9.17) is 5.11 Å². The maximum Gasteiger partial charge on any atom is 0.312 e. The predicted molar refractivity (Wildman–Crippen MR) is 49.7 cm³/mol. The van der Waals surface area contributed by atoms with Crippen LogP contribution in [0.3, 0.4) is 0 Å². The van der Waals surface area contributed by atoms with Crippen molar-refractivity contribution >= 4 is 15.8 Å². The van der Waals surface area contributed by atoms with Crippen molar-refractivity contribution < 1.29 is 18.3 Å². The summed E-state index contributed by atoms with van der Waals surface area (Å²) in [5, 5.41) is 12.1. The van der Waals surface area contributed by atoms with E-state index in [1.54, 1.807) is 0 Å². The topological polar surface area (TPSA) is 83.5 Å². The molecule has 5 nitrogen and oxygen atoms in total. The van der Waals surface area contributed by atoms with Gasteiger partial charge in [0.25, 0.3) is 0 Å². The fraction of sp³-hybridized carbons (Fsp3) is 0.875. The van der Waals surface area contributed by atoms with Crippen LogP contribution < -0.4 is 5.32 Å². The van der Waals surface area contributed by atoms with Crippen molar-refractivity contribution in [1.29, 1.82) is 0 Å². The maximum atomic E-state index is 11.4. The summed E-state index contributed by atoms with van der Waals surface area (Å²) in [5.74, 6) is -1.21. The first-order valence-corrected chi connectivity index (χ1v) is 6.46. The van der Waals surface area contributed by atoms with Crippen molar-refractivity contribution in [3.05, 3.63) is 0 Å². The smallest absolute Gasteiger partial charge is 0.312 e. The lowest BCUT2D eigenvalue weighted by molar-refractivity contribution is -0.150. The molecular formula is C8H13NO4S. The lowest BCUT2D eigenvalue weighted by Gasteiger charge is -2.34. The molecule has 2 aliphatic heterocycles. The molecule has 0 spiro atoms. The lowest BCUT2D eigenvalue weighted by Crippen LogP contribution is -2.53. The van der Waals surface area contributed by atoms with Gasteiger partial charge in [-0.1, -0.05) is 0 Å². The Morgan fingerprint density at radius 3 is 2.79 bits per heavy atom. The van der Waals surface area contributed by atoms with Gasteiger partial charge in [0.15, 0.2) is 9.84 Å². The van der Waals surface area contributed by atoms with Gasteiger partial charge in [0.2, 0.25) is 0 Å². The van der Waals surface area contributed by atoms with Gasteiger partial charge in [0.1, 0.15) is 0 Å². The van der Waals surface area contributed by atoms with Gasteiger partial charge >= 0.3 is 5.97 Å². The van der Waals surface area contributed by atoms with E-state index in [9.17, 15) is 13.2 Å². The SMILES string of the molecule is O=C(O)C12CCCNC1CS(=O)(=O)C2. The number of piperidine rings is 1. The first-order valence-electron chi connectivity index (χ1n) is 4.63. The van der Waals surface area contributed by atoms with E-state index >= 15 is 0 Å². The predicted octanol–water partition coefficient (Wildman–Crippen LogP) is -0.762. The number of hydrogen-bond donors (Lipinski definition) is 2.